The van der Waals surface area contributed by atoms with Crippen LogP contribution in [0.1, 0.15) is 34.9 Å². The normalized spacial score (nSPS) is 19.2. The van der Waals surface area contributed by atoms with Crippen molar-refractivity contribution in [3.8, 4) is 11.5 Å². The van der Waals surface area contributed by atoms with Crippen molar-refractivity contribution in [2.24, 2.45) is 0 Å². The van der Waals surface area contributed by atoms with Gasteiger partial charge in [-0.1, -0.05) is 23.8 Å². The number of nitrogens with zero attached hydrogens (tertiary/aromatic N) is 2. The summed E-state index contributed by atoms with van der Waals surface area (Å²) in [6.45, 7) is 3.15. The van der Waals surface area contributed by atoms with Crippen molar-refractivity contribution in [3.63, 3.8) is 0 Å². The van der Waals surface area contributed by atoms with E-state index in [4.69, 9.17) is 14.2 Å². The molecule has 2 unspecified atom stereocenters. The molecule has 208 valence electrons. The Morgan fingerprint density at radius 3 is 2.69 bits per heavy atom. The van der Waals surface area contributed by atoms with Gasteiger partial charge in [-0.25, -0.2) is 8.42 Å². The molecule has 1 amide bonds. The molecule has 1 aromatic heterocycles. The topological polar surface area (TPSA) is 85.4 Å². The number of ether oxygens (including phenoxy) is 3. The van der Waals surface area contributed by atoms with Crippen molar-refractivity contribution >= 4 is 27.3 Å². The van der Waals surface area contributed by atoms with Crippen molar-refractivity contribution in [3.05, 3.63) is 76.0 Å². The van der Waals surface area contributed by atoms with E-state index >= 15 is 0 Å². The summed E-state index contributed by atoms with van der Waals surface area (Å²) in [4.78, 5) is 17.0. The minimum Gasteiger partial charge on any atom is -0.497 e. The van der Waals surface area contributed by atoms with Gasteiger partial charge in [0.1, 0.15) is 18.1 Å². The van der Waals surface area contributed by atoms with Crippen LogP contribution in [-0.2, 0) is 26.0 Å². The number of rotatable bonds is 10. The van der Waals surface area contributed by atoms with Gasteiger partial charge in [0.15, 0.2) is 0 Å². The first-order valence-corrected chi connectivity index (χ1v) is 15.5. The number of thiophene rings is 1. The third-order valence-electron chi connectivity index (χ3n) is 7.27. The van der Waals surface area contributed by atoms with Crippen molar-refractivity contribution < 1.29 is 27.4 Å². The molecule has 2 aliphatic heterocycles. The summed E-state index contributed by atoms with van der Waals surface area (Å²) in [6.07, 6.45) is 2.15. The first-order valence-electron chi connectivity index (χ1n) is 13.2. The molecule has 0 aliphatic carbocycles. The molecule has 10 heteroatoms. The molecule has 0 bridgehead atoms. The third-order valence-corrected chi connectivity index (χ3v) is 10.1. The summed E-state index contributed by atoms with van der Waals surface area (Å²) in [5.41, 5.74) is 2.02. The van der Waals surface area contributed by atoms with Crippen LogP contribution in [0.4, 0.5) is 0 Å². The Bertz CT molecular complexity index is 1380. The van der Waals surface area contributed by atoms with Gasteiger partial charge in [-0.05, 0) is 67.5 Å². The second kappa shape index (κ2) is 12.1. The molecule has 0 radical (unpaired) electrons. The SMILES string of the molecule is COc1cccc(OCC2c3ccsc3CCN2C(=O)CN(CC2CCCO2)S(=O)(=O)c2ccc(C)cc2)c1. The van der Waals surface area contributed by atoms with Crippen molar-refractivity contribution in [1.82, 2.24) is 9.21 Å². The predicted molar refractivity (Wildman–Crippen MR) is 150 cm³/mol. The van der Waals surface area contributed by atoms with Crippen LogP contribution in [0.25, 0.3) is 0 Å². The molecule has 2 atom stereocenters. The van der Waals surface area contributed by atoms with Crippen LogP contribution in [0, 0.1) is 6.92 Å². The quantitative estimate of drug-likeness (QED) is 0.358. The Kier molecular flexibility index (Phi) is 8.56. The molecule has 1 fully saturated rings. The highest BCUT2D eigenvalue weighted by Crippen LogP contribution is 2.34. The number of fused-ring (bicyclic) bond motifs is 1. The van der Waals surface area contributed by atoms with Crippen molar-refractivity contribution in [2.45, 2.75) is 43.2 Å². The lowest BCUT2D eigenvalue weighted by Crippen LogP contribution is -2.49. The smallest absolute Gasteiger partial charge is 0.243 e. The lowest BCUT2D eigenvalue weighted by atomic mass is 10.0. The number of aryl methyl sites for hydroxylation is 1. The molecule has 0 N–H and O–H groups in total. The molecule has 0 saturated carbocycles. The molecular weight excluding hydrogens is 536 g/mol. The zero-order valence-corrected chi connectivity index (χ0v) is 23.9. The second-order valence-electron chi connectivity index (χ2n) is 9.89. The van der Waals surface area contributed by atoms with Crippen LogP contribution in [0.3, 0.4) is 0 Å². The number of benzene rings is 2. The van der Waals surface area contributed by atoms with E-state index in [0.29, 0.717) is 24.7 Å². The average molecular weight is 571 g/mol. The molecule has 3 aromatic rings. The number of hydrogen-bond donors (Lipinski definition) is 0. The summed E-state index contributed by atoms with van der Waals surface area (Å²) in [5.74, 6) is 1.08. The predicted octanol–water partition coefficient (Wildman–Crippen LogP) is 4.44. The molecule has 2 aliphatic rings. The Hall–Kier alpha value is -2.92. The minimum absolute atomic E-state index is 0.143. The summed E-state index contributed by atoms with van der Waals surface area (Å²) < 4.78 is 45.9. The number of sulfonamides is 1. The van der Waals surface area contributed by atoms with E-state index in [1.807, 2.05) is 36.6 Å². The van der Waals surface area contributed by atoms with E-state index in [1.165, 1.54) is 9.18 Å². The number of amides is 1. The Balaban J connectivity index is 1.38. The van der Waals surface area contributed by atoms with Crippen LogP contribution in [0.2, 0.25) is 0 Å². The maximum atomic E-state index is 13.9. The van der Waals surface area contributed by atoms with Gasteiger partial charge in [-0.2, -0.15) is 4.31 Å². The number of methoxy groups -OCH3 is 1. The van der Waals surface area contributed by atoms with E-state index in [9.17, 15) is 13.2 Å². The highest BCUT2D eigenvalue weighted by molar-refractivity contribution is 7.89. The molecule has 3 heterocycles. The van der Waals surface area contributed by atoms with Crippen LogP contribution < -0.4 is 9.47 Å². The lowest BCUT2D eigenvalue weighted by Gasteiger charge is -2.37. The molecule has 39 heavy (non-hydrogen) atoms. The van der Waals surface area contributed by atoms with Crippen LogP contribution in [0.15, 0.2) is 64.9 Å². The Morgan fingerprint density at radius 2 is 1.95 bits per heavy atom. The second-order valence-corrected chi connectivity index (χ2v) is 12.8. The third kappa shape index (κ3) is 6.30. The van der Waals surface area contributed by atoms with Gasteiger partial charge in [0, 0.05) is 30.6 Å². The van der Waals surface area contributed by atoms with Gasteiger partial charge >= 0.3 is 0 Å². The summed E-state index contributed by atoms with van der Waals surface area (Å²) in [6, 6.07) is 15.8. The first kappa shape index (κ1) is 27.6. The molecule has 2 aromatic carbocycles. The molecule has 1 saturated heterocycles. The van der Waals surface area contributed by atoms with Gasteiger partial charge in [0.25, 0.3) is 0 Å². The zero-order valence-electron chi connectivity index (χ0n) is 22.2. The Morgan fingerprint density at radius 1 is 1.15 bits per heavy atom. The van der Waals surface area contributed by atoms with Crippen LogP contribution >= 0.6 is 11.3 Å². The molecule has 8 nitrogen and oxygen atoms in total. The van der Waals surface area contributed by atoms with Gasteiger partial charge in [0.2, 0.25) is 15.9 Å². The number of carbonyl (C=O) groups is 1. The van der Waals surface area contributed by atoms with E-state index in [0.717, 1.165) is 30.4 Å². The van der Waals surface area contributed by atoms with E-state index in [1.54, 1.807) is 53.7 Å². The van der Waals surface area contributed by atoms with Crippen molar-refractivity contribution in [1.29, 1.82) is 0 Å². The van der Waals surface area contributed by atoms with Gasteiger partial charge in [0.05, 0.1) is 30.7 Å². The number of hydrogen-bond acceptors (Lipinski definition) is 7. The minimum atomic E-state index is -3.91. The van der Waals surface area contributed by atoms with Crippen LogP contribution in [-0.4, -0.2) is 69.6 Å². The maximum Gasteiger partial charge on any atom is 0.243 e. The standard InChI is InChI=1S/C29H34N2O6S2/c1-21-8-10-25(11-9-21)39(33,34)30(18-24-7-4-15-36-24)19-29(32)31-14-12-28-26(13-16-38-28)27(31)20-37-23-6-3-5-22(17-23)35-2/h3,5-6,8-11,13,16-17,24,27H,4,7,12,14-15,18-20H2,1-2H3. The molecular formula is C29H34N2O6S2. The fourth-order valence-electron chi connectivity index (χ4n) is 5.10. The fourth-order valence-corrected chi connectivity index (χ4v) is 7.45. The fraction of sp³-hybridized carbons (Fsp3) is 0.414. The number of carbonyl (C=O) groups excluding carboxylic acids is 1. The van der Waals surface area contributed by atoms with Gasteiger partial charge in [-0.3, -0.25) is 4.79 Å². The zero-order chi connectivity index (χ0) is 27.4. The van der Waals surface area contributed by atoms with E-state index in [2.05, 4.69) is 0 Å². The largest absolute Gasteiger partial charge is 0.497 e. The van der Waals surface area contributed by atoms with E-state index in [-0.39, 0.29) is 42.6 Å². The average Bonchev–Trinajstić information content (AvgIpc) is 3.64. The van der Waals surface area contributed by atoms with Gasteiger partial charge < -0.3 is 19.1 Å². The summed E-state index contributed by atoms with van der Waals surface area (Å²) >= 11 is 1.67. The Labute approximate surface area is 234 Å². The molecule has 5 rings (SSSR count). The summed E-state index contributed by atoms with van der Waals surface area (Å²) in [5, 5.41) is 2.03. The highest BCUT2D eigenvalue weighted by atomic mass is 32.2. The monoisotopic (exact) mass is 570 g/mol. The van der Waals surface area contributed by atoms with Crippen LogP contribution in [0.5, 0.6) is 11.5 Å². The highest BCUT2D eigenvalue weighted by Gasteiger charge is 2.36. The first-order chi connectivity index (χ1) is 18.8. The van der Waals surface area contributed by atoms with Crippen molar-refractivity contribution in [2.75, 3.05) is 40.0 Å². The van der Waals surface area contributed by atoms with E-state index < -0.39 is 10.0 Å². The van der Waals surface area contributed by atoms with Gasteiger partial charge in [-0.15, -0.1) is 11.3 Å². The molecule has 0 spiro atoms. The lowest BCUT2D eigenvalue weighted by molar-refractivity contribution is -0.135. The summed E-state index contributed by atoms with van der Waals surface area (Å²) in [7, 11) is -2.30. The maximum absolute atomic E-state index is 13.9.